The molecule has 33 heavy (non-hydrogen) atoms. The van der Waals surface area contributed by atoms with E-state index in [1.54, 1.807) is 13.8 Å². The first kappa shape index (κ1) is 24.3. The summed E-state index contributed by atoms with van der Waals surface area (Å²) < 4.78 is 5.55. The molecule has 2 aromatic rings. The Morgan fingerprint density at radius 3 is 2.09 bits per heavy atom. The number of hydrogen-bond donors (Lipinski definition) is 3. The number of carbonyl (C=O) groups is 3. The van der Waals surface area contributed by atoms with Gasteiger partial charge < -0.3 is 20.5 Å². The van der Waals surface area contributed by atoms with Gasteiger partial charge in [-0.1, -0.05) is 62.4 Å². The maximum atomic E-state index is 12.7. The average Bonchev–Trinajstić information content (AvgIpc) is 3.15. The van der Waals surface area contributed by atoms with E-state index in [9.17, 15) is 14.4 Å². The van der Waals surface area contributed by atoms with Gasteiger partial charge in [-0.15, -0.1) is 0 Å². The maximum Gasteiger partial charge on any atom is 0.407 e. The highest BCUT2D eigenvalue weighted by molar-refractivity contribution is 5.84. The third kappa shape index (κ3) is 5.35. The highest BCUT2D eigenvalue weighted by Gasteiger charge is 2.33. The van der Waals surface area contributed by atoms with Crippen LogP contribution in [0.2, 0.25) is 0 Å². The number of carbonyl (C=O) groups excluding carboxylic acids is 2. The second kappa shape index (κ2) is 10.5. The third-order valence-corrected chi connectivity index (χ3v) is 6.65. The summed E-state index contributed by atoms with van der Waals surface area (Å²) in [6.45, 7) is 5.72. The summed E-state index contributed by atoms with van der Waals surface area (Å²) in [6, 6.07) is 16.2. The molecule has 3 N–H and O–H groups in total. The second-order valence-electron chi connectivity index (χ2n) is 8.75. The van der Waals surface area contributed by atoms with E-state index in [2.05, 4.69) is 34.9 Å². The number of hydrogen-bond acceptors (Lipinski definition) is 4. The highest BCUT2D eigenvalue weighted by atomic mass is 16.5. The minimum Gasteiger partial charge on any atom is -0.481 e. The largest absolute Gasteiger partial charge is 0.481 e. The molecule has 0 heterocycles. The summed E-state index contributed by atoms with van der Waals surface area (Å²) in [5.41, 5.74) is 3.71. The van der Waals surface area contributed by atoms with E-state index in [-0.39, 0.29) is 31.5 Å². The minimum atomic E-state index is -0.937. The molecule has 0 saturated heterocycles. The fourth-order valence-corrected chi connectivity index (χ4v) is 4.12. The lowest BCUT2D eigenvalue weighted by molar-refractivity contribution is -0.142. The standard InChI is InChI=1S/C26H32N2O5/c1-4-17(23(29)30)14-27-24(31)26(3,5-2)16-28-25(32)33-15-22-20-12-8-6-10-18(20)19-11-7-9-13-21(19)22/h6-13,17,22H,4-5,14-16H2,1-3H3,(H,27,31)(H,28,32)(H,29,30). The van der Waals surface area contributed by atoms with Crippen LogP contribution in [0, 0.1) is 11.3 Å². The van der Waals surface area contributed by atoms with Crippen molar-refractivity contribution in [1.82, 2.24) is 10.6 Å². The van der Waals surface area contributed by atoms with Crippen molar-refractivity contribution in [2.24, 2.45) is 11.3 Å². The Hall–Kier alpha value is -3.35. The number of nitrogens with one attached hydrogen (secondary N) is 2. The second-order valence-corrected chi connectivity index (χ2v) is 8.75. The van der Waals surface area contributed by atoms with Crippen molar-refractivity contribution in [3.05, 3.63) is 59.7 Å². The van der Waals surface area contributed by atoms with Crippen LogP contribution in [-0.4, -0.2) is 42.8 Å². The third-order valence-electron chi connectivity index (χ3n) is 6.65. The van der Waals surface area contributed by atoms with E-state index in [0.717, 1.165) is 22.3 Å². The van der Waals surface area contributed by atoms with Crippen LogP contribution in [0.4, 0.5) is 4.79 Å². The normalized spacial score (nSPS) is 15.0. The lowest BCUT2D eigenvalue weighted by Crippen LogP contribution is -2.48. The first-order valence-corrected chi connectivity index (χ1v) is 11.4. The molecule has 0 radical (unpaired) electrons. The van der Waals surface area contributed by atoms with Crippen molar-refractivity contribution < 1.29 is 24.2 Å². The van der Waals surface area contributed by atoms with Gasteiger partial charge in [-0.2, -0.15) is 0 Å². The van der Waals surface area contributed by atoms with Crippen LogP contribution in [0.25, 0.3) is 11.1 Å². The molecule has 2 aromatic carbocycles. The number of ether oxygens (including phenoxy) is 1. The lowest BCUT2D eigenvalue weighted by Gasteiger charge is -2.28. The van der Waals surface area contributed by atoms with Gasteiger partial charge in [-0.25, -0.2) is 4.79 Å². The Kier molecular flexibility index (Phi) is 7.74. The van der Waals surface area contributed by atoms with Crippen LogP contribution >= 0.6 is 0 Å². The lowest BCUT2D eigenvalue weighted by atomic mass is 9.86. The molecule has 2 atom stereocenters. The van der Waals surface area contributed by atoms with Crippen molar-refractivity contribution >= 4 is 18.0 Å². The zero-order valence-electron chi connectivity index (χ0n) is 19.4. The van der Waals surface area contributed by atoms with Crippen LogP contribution in [-0.2, 0) is 14.3 Å². The number of aliphatic carboxylic acids is 1. The van der Waals surface area contributed by atoms with Crippen molar-refractivity contribution in [1.29, 1.82) is 0 Å². The molecule has 1 aliphatic rings. The Morgan fingerprint density at radius 2 is 1.58 bits per heavy atom. The van der Waals surface area contributed by atoms with Gasteiger partial charge in [-0.05, 0) is 42.0 Å². The molecule has 3 rings (SSSR count). The van der Waals surface area contributed by atoms with E-state index >= 15 is 0 Å². The van der Waals surface area contributed by atoms with Gasteiger partial charge >= 0.3 is 12.1 Å². The molecule has 1 aliphatic carbocycles. The zero-order valence-corrected chi connectivity index (χ0v) is 19.4. The Balaban J connectivity index is 1.56. The number of alkyl carbamates (subject to hydrolysis) is 1. The molecule has 0 aliphatic heterocycles. The first-order valence-electron chi connectivity index (χ1n) is 11.4. The Bertz CT molecular complexity index is 976. The first-order chi connectivity index (χ1) is 15.8. The van der Waals surface area contributed by atoms with Crippen molar-refractivity contribution in [3.63, 3.8) is 0 Å². The number of fused-ring (bicyclic) bond motifs is 3. The van der Waals surface area contributed by atoms with Gasteiger partial charge in [0.25, 0.3) is 0 Å². The predicted molar refractivity (Wildman–Crippen MR) is 126 cm³/mol. The van der Waals surface area contributed by atoms with Crippen LogP contribution in [0.15, 0.2) is 48.5 Å². The summed E-state index contributed by atoms with van der Waals surface area (Å²) in [5.74, 6) is -1.90. The van der Waals surface area contributed by atoms with Crippen molar-refractivity contribution in [2.45, 2.75) is 39.5 Å². The van der Waals surface area contributed by atoms with Gasteiger partial charge in [0.05, 0.1) is 11.3 Å². The van der Waals surface area contributed by atoms with E-state index < -0.39 is 23.4 Å². The van der Waals surface area contributed by atoms with Crippen molar-refractivity contribution in [2.75, 3.05) is 19.7 Å². The fraction of sp³-hybridized carbons (Fsp3) is 0.423. The molecule has 176 valence electrons. The minimum absolute atomic E-state index is 0.0361. The summed E-state index contributed by atoms with van der Waals surface area (Å²) in [7, 11) is 0. The molecule has 0 spiro atoms. The fourth-order valence-electron chi connectivity index (χ4n) is 4.12. The van der Waals surface area contributed by atoms with Gasteiger partial charge in [-0.3, -0.25) is 9.59 Å². The van der Waals surface area contributed by atoms with Crippen LogP contribution < -0.4 is 10.6 Å². The number of amides is 2. The van der Waals surface area contributed by atoms with Gasteiger partial charge in [0.1, 0.15) is 6.61 Å². The van der Waals surface area contributed by atoms with E-state index in [1.165, 1.54) is 0 Å². The molecule has 7 heteroatoms. The zero-order chi connectivity index (χ0) is 24.0. The SMILES string of the molecule is CCC(CNC(=O)C(C)(CC)CNC(=O)OCC1c2ccccc2-c2ccccc21)C(=O)O. The summed E-state index contributed by atoms with van der Waals surface area (Å²) in [4.78, 5) is 36.4. The van der Waals surface area contributed by atoms with Crippen LogP contribution in [0.5, 0.6) is 0 Å². The smallest absolute Gasteiger partial charge is 0.407 e. The monoisotopic (exact) mass is 452 g/mol. The van der Waals surface area contributed by atoms with Gasteiger partial charge in [0.2, 0.25) is 5.91 Å². The molecular weight excluding hydrogens is 420 g/mol. The molecule has 0 aromatic heterocycles. The number of rotatable bonds is 10. The summed E-state index contributed by atoms with van der Waals surface area (Å²) >= 11 is 0. The van der Waals surface area contributed by atoms with Crippen molar-refractivity contribution in [3.8, 4) is 11.1 Å². The van der Waals surface area contributed by atoms with Gasteiger partial charge in [0, 0.05) is 19.0 Å². The Morgan fingerprint density at radius 1 is 1.00 bits per heavy atom. The topological polar surface area (TPSA) is 105 Å². The van der Waals surface area contributed by atoms with E-state index in [1.807, 2.05) is 31.2 Å². The number of carboxylic acids is 1. The Labute approximate surface area is 194 Å². The van der Waals surface area contributed by atoms with E-state index in [4.69, 9.17) is 9.84 Å². The highest BCUT2D eigenvalue weighted by Crippen LogP contribution is 2.44. The maximum absolute atomic E-state index is 12.7. The molecule has 0 saturated carbocycles. The molecular formula is C26H32N2O5. The van der Waals surface area contributed by atoms with Crippen LogP contribution in [0.3, 0.4) is 0 Å². The average molecular weight is 453 g/mol. The summed E-state index contributed by atoms with van der Waals surface area (Å²) in [6.07, 6.45) is 0.323. The molecule has 2 amide bonds. The molecule has 0 bridgehead atoms. The predicted octanol–water partition coefficient (Wildman–Crippen LogP) is 4.17. The molecule has 7 nitrogen and oxygen atoms in total. The quantitative estimate of drug-likeness (QED) is 0.502. The van der Waals surface area contributed by atoms with Crippen LogP contribution in [0.1, 0.15) is 50.7 Å². The molecule has 2 unspecified atom stereocenters. The van der Waals surface area contributed by atoms with E-state index in [0.29, 0.717) is 12.8 Å². The number of benzene rings is 2. The number of carboxylic acid groups (broad SMARTS) is 1. The van der Waals surface area contributed by atoms with Gasteiger partial charge in [0.15, 0.2) is 0 Å². The summed E-state index contributed by atoms with van der Waals surface area (Å²) in [5, 5.41) is 14.6. The molecule has 0 fully saturated rings.